The summed E-state index contributed by atoms with van der Waals surface area (Å²) < 4.78 is 4.22. The van der Waals surface area contributed by atoms with Crippen LogP contribution in [0.5, 0.6) is 0 Å². The van der Waals surface area contributed by atoms with E-state index in [1.165, 1.54) is 0 Å². The first-order valence-corrected chi connectivity index (χ1v) is 3.21. The fraction of sp³-hybridized carbons (Fsp3) is 0.667. The molecule has 3 N–H and O–H groups in total. The minimum absolute atomic E-state index is 0.787. The molecule has 0 saturated carbocycles. The van der Waals surface area contributed by atoms with Gasteiger partial charge >= 0.3 is 11.9 Å². The van der Waals surface area contributed by atoms with Gasteiger partial charge in [-0.25, -0.2) is 9.59 Å². The molecule has 0 aromatic carbocycles. The largest absolute Gasteiger partial charge is 0.479 e. The van der Waals surface area contributed by atoms with Crippen LogP contribution in [0.4, 0.5) is 0 Å². The summed E-state index contributed by atoms with van der Waals surface area (Å²) >= 11 is 0. The molecule has 0 spiro atoms. The van der Waals surface area contributed by atoms with Crippen molar-refractivity contribution in [2.75, 3.05) is 6.61 Å². The quantitative estimate of drug-likeness (QED) is 0.446. The molecular weight excluding hydrogens is 168 g/mol. The zero-order chi connectivity index (χ0) is 9.72. The lowest BCUT2D eigenvalue weighted by Gasteiger charge is -2.10. The average molecular weight is 178 g/mol. The van der Waals surface area contributed by atoms with Crippen molar-refractivity contribution in [2.24, 2.45) is 0 Å². The van der Waals surface area contributed by atoms with E-state index in [0.717, 1.165) is 6.92 Å². The Morgan fingerprint density at radius 2 is 2.00 bits per heavy atom. The van der Waals surface area contributed by atoms with Crippen molar-refractivity contribution in [3.05, 3.63) is 0 Å². The third-order valence-electron chi connectivity index (χ3n) is 1.09. The van der Waals surface area contributed by atoms with E-state index in [9.17, 15) is 9.59 Å². The zero-order valence-electron chi connectivity index (χ0n) is 6.43. The number of aliphatic hydroxyl groups excluding tert-OH is 2. The van der Waals surface area contributed by atoms with Gasteiger partial charge < -0.3 is 20.1 Å². The third-order valence-corrected chi connectivity index (χ3v) is 1.09. The number of aliphatic carboxylic acids is 1. The van der Waals surface area contributed by atoms with Gasteiger partial charge in [0.15, 0.2) is 12.2 Å². The van der Waals surface area contributed by atoms with E-state index in [4.69, 9.17) is 15.3 Å². The predicted octanol–water partition coefficient (Wildman–Crippen LogP) is -1.64. The molecule has 0 heterocycles. The van der Waals surface area contributed by atoms with Gasteiger partial charge in [-0.3, -0.25) is 0 Å². The molecule has 0 rings (SSSR count). The Hall–Kier alpha value is -1.14. The normalized spacial score (nSPS) is 14.9. The van der Waals surface area contributed by atoms with Crippen LogP contribution >= 0.6 is 0 Å². The summed E-state index contributed by atoms with van der Waals surface area (Å²) in [6.07, 6.45) is -2.99. The van der Waals surface area contributed by atoms with Gasteiger partial charge in [0.2, 0.25) is 0 Å². The number of carbonyl (C=O) groups excluding carboxylic acids is 1. The van der Waals surface area contributed by atoms with E-state index in [0.29, 0.717) is 0 Å². The van der Waals surface area contributed by atoms with Crippen LogP contribution in [0.15, 0.2) is 0 Å². The van der Waals surface area contributed by atoms with Crippen LogP contribution in [0.3, 0.4) is 0 Å². The van der Waals surface area contributed by atoms with Gasteiger partial charge in [0.1, 0.15) is 0 Å². The van der Waals surface area contributed by atoms with Crippen molar-refractivity contribution >= 4 is 11.9 Å². The number of esters is 1. The summed E-state index contributed by atoms with van der Waals surface area (Å²) in [5, 5.41) is 25.2. The van der Waals surface area contributed by atoms with Crippen LogP contribution in [-0.4, -0.2) is 46.1 Å². The molecule has 0 fully saturated rings. The van der Waals surface area contributed by atoms with Gasteiger partial charge in [-0.05, 0) is 6.92 Å². The SMILES string of the molecule is CC(OC(=O)C(O)CO)C(=O)O. The molecular formula is C6H10O6. The summed E-state index contributed by atoms with van der Waals surface area (Å²) in [7, 11) is 0. The number of carbonyl (C=O) groups is 2. The van der Waals surface area contributed by atoms with Crippen LogP contribution in [0.2, 0.25) is 0 Å². The maximum absolute atomic E-state index is 10.6. The molecule has 12 heavy (non-hydrogen) atoms. The van der Waals surface area contributed by atoms with Crippen molar-refractivity contribution in [3.63, 3.8) is 0 Å². The number of hydrogen-bond acceptors (Lipinski definition) is 5. The van der Waals surface area contributed by atoms with E-state index in [2.05, 4.69) is 4.74 Å². The molecule has 0 aliphatic rings. The van der Waals surface area contributed by atoms with Crippen molar-refractivity contribution in [2.45, 2.75) is 19.1 Å². The van der Waals surface area contributed by atoms with Gasteiger partial charge in [0.05, 0.1) is 6.61 Å². The van der Waals surface area contributed by atoms with Crippen LogP contribution in [0.1, 0.15) is 6.92 Å². The second kappa shape index (κ2) is 4.68. The average Bonchev–Trinajstić information content (AvgIpc) is 2.02. The van der Waals surface area contributed by atoms with Crippen molar-refractivity contribution < 1.29 is 29.6 Å². The maximum Gasteiger partial charge on any atom is 0.344 e. The number of carboxylic acid groups (broad SMARTS) is 1. The number of rotatable bonds is 4. The summed E-state index contributed by atoms with van der Waals surface area (Å²) in [6, 6.07) is 0. The van der Waals surface area contributed by atoms with Gasteiger partial charge in [-0.1, -0.05) is 0 Å². The smallest absolute Gasteiger partial charge is 0.344 e. The summed E-state index contributed by atoms with van der Waals surface area (Å²) in [6.45, 7) is 0.357. The van der Waals surface area contributed by atoms with Crippen LogP contribution in [-0.2, 0) is 14.3 Å². The molecule has 70 valence electrons. The maximum atomic E-state index is 10.6. The molecule has 0 radical (unpaired) electrons. The topological polar surface area (TPSA) is 104 Å². The first-order chi connectivity index (χ1) is 5.49. The Kier molecular flexibility index (Phi) is 4.24. The highest BCUT2D eigenvalue weighted by molar-refractivity contribution is 5.79. The zero-order valence-corrected chi connectivity index (χ0v) is 6.43. The third kappa shape index (κ3) is 3.31. The first kappa shape index (κ1) is 10.9. The highest BCUT2D eigenvalue weighted by Crippen LogP contribution is 1.94. The molecule has 2 atom stereocenters. The molecule has 6 heteroatoms. The van der Waals surface area contributed by atoms with Crippen LogP contribution in [0, 0.1) is 0 Å². The van der Waals surface area contributed by atoms with E-state index in [1.807, 2.05) is 0 Å². The Labute approximate surface area is 68.4 Å². The highest BCUT2D eigenvalue weighted by atomic mass is 16.6. The van der Waals surface area contributed by atoms with E-state index in [1.54, 1.807) is 0 Å². The molecule has 0 aliphatic heterocycles. The molecule has 0 aromatic rings. The fourth-order valence-electron chi connectivity index (χ4n) is 0.378. The lowest BCUT2D eigenvalue weighted by molar-refractivity contribution is -0.170. The lowest BCUT2D eigenvalue weighted by Crippen LogP contribution is -2.32. The van der Waals surface area contributed by atoms with Gasteiger partial charge in [-0.2, -0.15) is 0 Å². The standard InChI is InChI=1S/C6H10O6/c1-3(5(9)10)12-6(11)4(8)2-7/h3-4,7-8H,2H2,1H3,(H,9,10). The van der Waals surface area contributed by atoms with Crippen LogP contribution < -0.4 is 0 Å². The Morgan fingerprint density at radius 3 is 2.33 bits per heavy atom. The van der Waals surface area contributed by atoms with Crippen LogP contribution in [0.25, 0.3) is 0 Å². The Balaban J connectivity index is 3.92. The lowest BCUT2D eigenvalue weighted by atomic mass is 10.3. The number of hydrogen-bond donors (Lipinski definition) is 3. The molecule has 2 unspecified atom stereocenters. The molecule has 0 aromatic heterocycles. The second-order valence-electron chi connectivity index (χ2n) is 2.12. The van der Waals surface area contributed by atoms with E-state index < -0.39 is 30.8 Å². The van der Waals surface area contributed by atoms with Crippen molar-refractivity contribution in [1.29, 1.82) is 0 Å². The molecule has 0 bridgehead atoms. The van der Waals surface area contributed by atoms with E-state index in [-0.39, 0.29) is 0 Å². The monoisotopic (exact) mass is 178 g/mol. The number of aliphatic hydroxyl groups is 2. The Bertz CT molecular complexity index is 177. The molecule has 6 nitrogen and oxygen atoms in total. The highest BCUT2D eigenvalue weighted by Gasteiger charge is 2.21. The van der Waals surface area contributed by atoms with Crippen molar-refractivity contribution in [1.82, 2.24) is 0 Å². The summed E-state index contributed by atoms with van der Waals surface area (Å²) in [5.41, 5.74) is 0. The van der Waals surface area contributed by atoms with E-state index >= 15 is 0 Å². The minimum Gasteiger partial charge on any atom is -0.479 e. The van der Waals surface area contributed by atoms with Crippen molar-refractivity contribution in [3.8, 4) is 0 Å². The second-order valence-corrected chi connectivity index (χ2v) is 2.12. The minimum atomic E-state index is -1.67. The fourth-order valence-corrected chi connectivity index (χ4v) is 0.378. The predicted molar refractivity (Wildman–Crippen MR) is 36.3 cm³/mol. The molecule has 0 aliphatic carbocycles. The molecule has 0 saturated heterocycles. The molecule has 0 amide bonds. The summed E-state index contributed by atoms with van der Waals surface area (Å²) in [5.74, 6) is -2.46. The Morgan fingerprint density at radius 1 is 1.50 bits per heavy atom. The van der Waals surface area contributed by atoms with Gasteiger partial charge in [0.25, 0.3) is 0 Å². The number of carboxylic acids is 1. The van der Waals surface area contributed by atoms with Gasteiger partial charge in [0, 0.05) is 0 Å². The summed E-state index contributed by atoms with van der Waals surface area (Å²) in [4.78, 5) is 20.7. The van der Waals surface area contributed by atoms with Gasteiger partial charge in [-0.15, -0.1) is 0 Å². The first-order valence-electron chi connectivity index (χ1n) is 3.21. The number of ether oxygens (including phenoxy) is 1.